The van der Waals surface area contributed by atoms with E-state index in [1.165, 1.54) is 18.2 Å². The van der Waals surface area contributed by atoms with Gasteiger partial charge < -0.3 is 15.2 Å². The number of hydrogen-bond acceptors (Lipinski definition) is 4. The van der Waals surface area contributed by atoms with Crippen LogP contribution in [0.4, 0.5) is 0 Å². The Hall–Kier alpha value is -2.07. The number of amides is 1. The van der Waals surface area contributed by atoms with Gasteiger partial charge in [0, 0.05) is 6.54 Å². The van der Waals surface area contributed by atoms with Gasteiger partial charge in [-0.2, -0.15) is 5.26 Å². The van der Waals surface area contributed by atoms with Crippen LogP contribution in [0, 0.1) is 11.3 Å². The standard InChI is InChI=1S/C12H11BrN2O4/c13-9-6-8(12(17)18)2-3-10(9)19-7-11(16)15-5-1-4-14/h2-3,6H,1,5,7H2,(H,15,16)(H,17,18). The Morgan fingerprint density at radius 3 is 2.79 bits per heavy atom. The summed E-state index contributed by atoms with van der Waals surface area (Å²) in [6.45, 7) is 0.0776. The lowest BCUT2D eigenvalue weighted by atomic mass is 10.2. The summed E-state index contributed by atoms with van der Waals surface area (Å²) in [4.78, 5) is 22.0. The fourth-order valence-corrected chi connectivity index (χ4v) is 1.70. The first-order chi connectivity index (χ1) is 9.04. The largest absolute Gasteiger partial charge is 0.483 e. The minimum atomic E-state index is -1.04. The molecule has 0 radical (unpaired) electrons. The van der Waals surface area contributed by atoms with Crippen LogP contribution in [0.5, 0.6) is 5.75 Å². The molecule has 0 saturated carbocycles. The second-order valence-corrected chi connectivity index (χ2v) is 4.35. The summed E-state index contributed by atoms with van der Waals surface area (Å²) in [6.07, 6.45) is 0.239. The molecule has 0 aliphatic heterocycles. The first kappa shape index (κ1) is 15.0. The summed E-state index contributed by atoms with van der Waals surface area (Å²) in [7, 11) is 0. The summed E-state index contributed by atoms with van der Waals surface area (Å²) in [5.74, 6) is -1.01. The molecule has 0 saturated heterocycles. The third-order valence-corrected chi connectivity index (χ3v) is 2.72. The smallest absolute Gasteiger partial charge is 0.335 e. The molecule has 100 valence electrons. The van der Waals surface area contributed by atoms with Crippen molar-refractivity contribution in [2.45, 2.75) is 6.42 Å². The number of hydrogen-bond donors (Lipinski definition) is 2. The third-order valence-electron chi connectivity index (χ3n) is 2.10. The normalized spacial score (nSPS) is 9.47. The Bertz CT molecular complexity index is 525. The van der Waals surface area contributed by atoms with Crippen molar-refractivity contribution in [3.8, 4) is 11.8 Å². The van der Waals surface area contributed by atoms with E-state index in [9.17, 15) is 9.59 Å². The highest BCUT2D eigenvalue weighted by Gasteiger charge is 2.09. The van der Waals surface area contributed by atoms with Gasteiger partial charge in [-0.15, -0.1) is 0 Å². The van der Waals surface area contributed by atoms with Gasteiger partial charge in [-0.05, 0) is 34.1 Å². The zero-order valence-corrected chi connectivity index (χ0v) is 11.4. The quantitative estimate of drug-likeness (QED) is 0.773. The highest BCUT2D eigenvalue weighted by molar-refractivity contribution is 9.10. The molecule has 7 heteroatoms. The third kappa shape index (κ3) is 4.97. The van der Waals surface area contributed by atoms with Crippen molar-refractivity contribution < 1.29 is 19.4 Å². The van der Waals surface area contributed by atoms with Gasteiger partial charge >= 0.3 is 5.97 Å². The average Bonchev–Trinajstić information content (AvgIpc) is 2.37. The highest BCUT2D eigenvalue weighted by atomic mass is 79.9. The zero-order chi connectivity index (χ0) is 14.3. The first-order valence-electron chi connectivity index (χ1n) is 5.34. The van der Waals surface area contributed by atoms with Crippen molar-refractivity contribution in [1.29, 1.82) is 5.26 Å². The molecule has 1 aromatic rings. The number of rotatable bonds is 6. The number of benzene rings is 1. The minimum Gasteiger partial charge on any atom is -0.483 e. The summed E-state index contributed by atoms with van der Waals surface area (Å²) in [5, 5.41) is 19.6. The van der Waals surface area contributed by atoms with Gasteiger partial charge in [0.1, 0.15) is 5.75 Å². The molecule has 0 aliphatic carbocycles. The highest BCUT2D eigenvalue weighted by Crippen LogP contribution is 2.25. The molecule has 19 heavy (non-hydrogen) atoms. The lowest BCUT2D eigenvalue weighted by Crippen LogP contribution is -2.29. The number of nitrogens with zero attached hydrogens (tertiary/aromatic N) is 1. The van der Waals surface area contributed by atoms with Crippen molar-refractivity contribution in [3.63, 3.8) is 0 Å². The molecule has 0 aromatic heterocycles. The monoisotopic (exact) mass is 326 g/mol. The average molecular weight is 327 g/mol. The number of carboxylic acids is 1. The summed E-state index contributed by atoms with van der Waals surface area (Å²) < 4.78 is 5.69. The second kappa shape index (κ2) is 7.38. The van der Waals surface area contributed by atoms with Crippen molar-refractivity contribution in [2.75, 3.05) is 13.2 Å². The first-order valence-corrected chi connectivity index (χ1v) is 6.13. The van der Waals surface area contributed by atoms with E-state index < -0.39 is 5.97 Å². The number of nitrogens with one attached hydrogen (secondary N) is 1. The topological polar surface area (TPSA) is 99.4 Å². The number of ether oxygens (including phenoxy) is 1. The Balaban J connectivity index is 2.52. The fraction of sp³-hybridized carbons (Fsp3) is 0.250. The van der Waals surface area contributed by atoms with Crippen LogP contribution in [0.1, 0.15) is 16.8 Å². The molecule has 1 aromatic carbocycles. The van der Waals surface area contributed by atoms with E-state index in [-0.39, 0.29) is 31.0 Å². The Morgan fingerprint density at radius 2 is 2.21 bits per heavy atom. The predicted molar refractivity (Wildman–Crippen MR) is 69.8 cm³/mol. The molecule has 2 N–H and O–H groups in total. The zero-order valence-electron chi connectivity index (χ0n) is 9.85. The Morgan fingerprint density at radius 1 is 1.47 bits per heavy atom. The van der Waals surface area contributed by atoms with E-state index in [2.05, 4.69) is 21.2 Å². The van der Waals surface area contributed by atoms with E-state index in [1.807, 2.05) is 6.07 Å². The Labute approximate surface area is 118 Å². The van der Waals surface area contributed by atoms with Crippen LogP contribution >= 0.6 is 15.9 Å². The van der Waals surface area contributed by atoms with Crippen LogP contribution in [0.3, 0.4) is 0 Å². The molecule has 1 rings (SSSR count). The van der Waals surface area contributed by atoms with Crippen LogP contribution in [0.25, 0.3) is 0 Å². The molecule has 0 spiro atoms. The van der Waals surface area contributed by atoms with Gasteiger partial charge in [-0.1, -0.05) is 0 Å². The van der Waals surface area contributed by atoms with Gasteiger partial charge in [0.15, 0.2) is 6.61 Å². The number of carbonyl (C=O) groups excluding carboxylic acids is 1. The van der Waals surface area contributed by atoms with Gasteiger partial charge in [-0.3, -0.25) is 4.79 Å². The van der Waals surface area contributed by atoms with Gasteiger partial charge in [0.05, 0.1) is 22.5 Å². The molecule has 0 heterocycles. The number of halogens is 1. The van der Waals surface area contributed by atoms with Crippen LogP contribution in [0.15, 0.2) is 22.7 Å². The molecular formula is C12H11BrN2O4. The van der Waals surface area contributed by atoms with Crippen molar-refractivity contribution in [2.24, 2.45) is 0 Å². The van der Waals surface area contributed by atoms with Crippen molar-refractivity contribution >= 4 is 27.8 Å². The van der Waals surface area contributed by atoms with Gasteiger partial charge in [-0.25, -0.2) is 4.79 Å². The number of carbonyl (C=O) groups is 2. The minimum absolute atomic E-state index is 0.123. The molecule has 0 unspecified atom stereocenters. The molecule has 0 bridgehead atoms. The Kier molecular flexibility index (Phi) is 5.82. The SMILES string of the molecule is N#CCCNC(=O)COc1ccc(C(=O)O)cc1Br. The lowest BCUT2D eigenvalue weighted by molar-refractivity contribution is -0.123. The number of carboxylic acid groups (broad SMARTS) is 1. The summed E-state index contributed by atoms with van der Waals surface area (Å²) in [5.41, 5.74) is 0.123. The van der Waals surface area contributed by atoms with E-state index in [1.54, 1.807) is 0 Å². The number of aromatic carboxylic acids is 1. The lowest BCUT2D eigenvalue weighted by Gasteiger charge is -2.08. The molecule has 0 fully saturated rings. The molecule has 1 amide bonds. The van der Waals surface area contributed by atoms with Gasteiger partial charge in [0.25, 0.3) is 5.91 Å². The van der Waals surface area contributed by atoms with Crippen LogP contribution in [-0.2, 0) is 4.79 Å². The van der Waals surface area contributed by atoms with Crippen LogP contribution in [0.2, 0.25) is 0 Å². The number of nitriles is 1. The van der Waals surface area contributed by atoms with E-state index in [0.29, 0.717) is 10.2 Å². The maximum absolute atomic E-state index is 11.3. The summed E-state index contributed by atoms with van der Waals surface area (Å²) in [6, 6.07) is 6.15. The van der Waals surface area contributed by atoms with Crippen LogP contribution < -0.4 is 10.1 Å². The van der Waals surface area contributed by atoms with E-state index in [4.69, 9.17) is 15.1 Å². The van der Waals surface area contributed by atoms with Crippen LogP contribution in [-0.4, -0.2) is 30.1 Å². The second-order valence-electron chi connectivity index (χ2n) is 3.50. The maximum atomic E-state index is 11.3. The molecule has 6 nitrogen and oxygen atoms in total. The predicted octanol–water partition coefficient (Wildman–Crippen LogP) is 1.56. The molecular weight excluding hydrogens is 316 g/mol. The van der Waals surface area contributed by atoms with Gasteiger partial charge in [0.2, 0.25) is 0 Å². The van der Waals surface area contributed by atoms with Crippen molar-refractivity contribution in [3.05, 3.63) is 28.2 Å². The maximum Gasteiger partial charge on any atom is 0.335 e. The molecule has 0 aliphatic rings. The van der Waals surface area contributed by atoms with E-state index in [0.717, 1.165) is 0 Å². The summed E-state index contributed by atoms with van der Waals surface area (Å²) >= 11 is 3.17. The molecule has 0 atom stereocenters. The fourth-order valence-electron chi connectivity index (χ4n) is 1.20. The van der Waals surface area contributed by atoms with Crippen molar-refractivity contribution in [1.82, 2.24) is 5.32 Å². The van der Waals surface area contributed by atoms with E-state index >= 15 is 0 Å².